The van der Waals surface area contributed by atoms with E-state index in [1.165, 1.54) is 193 Å². The number of hydrogen-bond acceptors (Lipinski definition) is 6. The zero-order valence-corrected chi connectivity index (χ0v) is 41.8. The van der Waals surface area contributed by atoms with E-state index in [9.17, 15) is 14.4 Å². The first kappa shape index (κ1) is 59.4. The summed E-state index contributed by atoms with van der Waals surface area (Å²) in [5, 5.41) is 0. The maximum Gasteiger partial charge on any atom is 0.306 e. The van der Waals surface area contributed by atoms with Gasteiger partial charge >= 0.3 is 17.9 Å². The van der Waals surface area contributed by atoms with Gasteiger partial charge in [0.1, 0.15) is 13.2 Å². The number of rotatable bonds is 49. The quantitative estimate of drug-likeness (QED) is 0.0344. The Hall–Kier alpha value is -1.59. The predicted octanol–water partition coefficient (Wildman–Crippen LogP) is 17.7. The molecule has 0 saturated heterocycles. The Morgan fingerprint density at radius 3 is 0.934 bits per heavy atom. The minimum Gasteiger partial charge on any atom is -0.462 e. The molecule has 0 aliphatic heterocycles. The van der Waals surface area contributed by atoms with Gasteiger partial charge in [-0.1, -0.05) is 266 Å². The van der Waals surface area contributed by atoms with Crippen LogP contribution in [0.15, 0.2) is 0 Å². The first-order valence-corrected chi connectivity index (χ1v) is 27.3. The van der Waals surface area contributed by atoms with Crippen LogP contribution >= 0.6 is 0 Å². The molecular formula is C55H106O6. The molecule has 0 heterocycles. The Labute approximate surface area is 380 Å². The third kappa shape index (κ3) is 47.7. The van der Waals surface area contributed by atoms with Crippen LogP contribution in [0, 0.1) is 11.8 Å². The van der Waals surface area contributed by atoms with E-state index in [-0.39, 0.29) is 31.1 Å². The molecular weight excluding hydrogens is 757 g/mol. The highest BCUT2D eigenvalue weighted by molar-refractivity contribution is 5.71. The van der Waals surface area contributed by atoms with Gasteiger partial charge in [0.25, 0.3) is 0 Å². The summed E-state index contributed by atoms with van der Waals surface area (Å²) in [4.78, 5) is 38.0. The lowest BCUT2D eigenvalue weighted by Crippen LogP contribution is -2.30. The molecule has 0 aromatic heterocycles. The van der Waals surface area contributed by atoms with Gasteiger partial charge < -0.3 is 14.2 Å². The number of carbonyl (C=O) groups is 3. The summed E-state index contributed by atoms with van der Waals surface area (Å²) in [6.07, 6.45) is 49.4. The fraction of sp³-hybridized carbons (Fsp3) is 0.945. The van der Waals surface area contributed by atoms with E-state index in [1.807, 2.05) is 0 Å². The second-order valence-corrected chi connectivity index (χ2v) is 19.6. The maximum absolute atomic E-state index is 12.8. The topological polar surface area (TPSA) is 78.9 Å². The van der Waals surface area contributed by atoms with Gasteiger partial charge in [0.05, 0.1) is 0 Å². The van der Waals surface area contributed by atoms with Crippen molar-refractivity contribution in [2.75, 3.05) is 13.2 Å². The molecule has 0 bridgehead atoms. The van der Waals surface area contributed by atoms with Gasteiger partial charge in [-0.15, -0.1) is 0 Å². The van der Waals surface area contributed by atoms with E-state index < -0.39 is 6.10 Å². The Kier molecular flexibility index (Phi) is 46.6. The van der Waals surface area contributed by atoms with E-state index in [1.54, 1.807) is 0 Å². The molecule has 0 fully saturated rings. The largest absolute Gasteiger partial charge is 0.462 e. The molecule has 1 unspecified atom stereocenters. The SMILES string of the molecule is CCCCCCCCCCCCCCCCCCC(=O)O[C@H](COC(=O)CCCCCCCCCCCCC(C)C)COC(=O)CCCCCCCCCCCCC(C)CC. The van der Waals surface area contributed by atoms with Crippen LogP contribution in [-0.4, -0.2) is 37.2 Å². The molecule has 6 heteroatoms. The third-order valence-corrected chi connectivity index (χ3v) is 12.8. The van der Waals surface area contributed by atoms with Crippen LogP contribution < -0.4 is 0 Å². The molecule has 2 atom stereocenters. The van der Waals surface area contributed by atoms with Gasteiger partial charge in [-0.3, -0.25) is 14.4 Å². The number of ether oxygens (including phenoxy) is 3. The van der Waals surface area contributed by atoms with Crippen LogP contribution in [0.1, 0.15) is 304 Å². The lowest BCUT2D eigenvalue weighted by atomic mass is 9.99. The summed E-state index contributed by atoms with van der Waals surface area (Å²) in [7, 11) is 0. The smallest absolute Gasteiger partial charge is 0.306 e. The highest BCUT2D eigenvalue weighted by Crippen LogP contribution is 2.18. The second-order valence-electron chi connectivity index (χ2n) is 19.6. The molecule has 0 aromatic carbocycles. The highest BCUT2D eigenvalue weighted by Gasteiger charge is 2.19. The Balaban J connectivity index is 4.32. The Morgan fingerprint density at radius 1 is 0.344 bits per heavy atom. The molecule has 0 aromatic rings. The van der Waals surface area contributed by atoms with Gasteiger partial charge in [-0.05, 0) is 31.1 Å². The molecule has 0 aliphatic carbocycles. The van der Waals surface area contributed by atoms with E-state index >= 15 is 0 Å². The molecule has 6 nitrogen and oxygen atoms in total. The standard InChI is InChI=1S/C55H106O6/c1-6-8-9-10-11-12-13-14-15-16-17-18-27-32-37-42-47-55(58)61-52(48-59-53(56)45-40-35-30-25-21-19-23-28-33-38-43-50(3)4)49-60-54(57)46-41-36-31-26-22-20-24-29-34-39-44-51(5)7-2/h50-52H,6-49H2,1-5H3/t51?,52-/m1/s1. The van der Waals surface area contributed by atoms with Crippen molar-refractivity contribution in [1.82, 2.24) is 0 Å². The van der Waals surface area contributed by atoms with Crippen LogP contribution in [-0.2, 0) is 28.6 Å². The summed E-state index contributed by atoms with van der Waals surface area (Å²) < 4.78 is 16.8. The molecule has 61 heavy (non-hydrogen) atoms. The van der Waals surface area contributed by atoms with E-state index in [4.69, 9.17) is 14.2 Å². The monoisotopic (exact) mass is 863 g/mol. The molecule has 0 radical (unpaired) electrons. The van der Waals surface area contributed by atoms with E-state index in [0.717, 1.165) is 69.6 Å². The molecule has 0 saturated carbocycles. The Morgan fingerprint density at radius 2 is 0.623 bits per heavy atom. The molecule has 0 spiro atoms. The van der Waals surface area contributed by atoms with Crippen LogP contribution in [0.2, 0.25) is 0 Å². The van der Waals surface area contributed by atoms with Gasteiger partial charge in [-0.2, -0.15) is 0 Å². The van der Waals surface area contributed by atoms with Crippen LogP contribution in [0.4, 0.5) is 0 Å². The third-order valence-electron chi connectivity index (χ3n) is 12.8. The zero-order valence-electron chi connectivity index (χ0n) is 41.8. The zero-order chi connectivity index (χ0) is 44.7. The predicted molar refractivity (Wildman–Crippen MR) is 261 cm³/mol. The van der Waals surface area contributed by atoms with Crippen molar-refractivity contribution >= 4 is 17.9 Å². The first-order chi connectivity index (χ1) is 29.8. The normalized spacial score (nSPS) is 12.5. The maximum atomic E-state index is 12.8. The van der Waals surface area contributed by atoms with Crippen molar-refractivity contribution in [3.8, 4) is 0 Å². The average molecular weight is 863 g/mol. The molecule has 362 valence electrons. The van der Waals surface area contributed by atoms with Crippen LogP contribution in [0.25, 0.3) is 0 Å². The molecule has 0 rings (SSSR count). The lowest BCUT2D eigenvalue weighted by molar-refractivity contribution is -0.167. The number of carbonyl (C=O) groups excluding carboxylic acids is 3. The van der Waals surface area contributed by atoms with Gasteiger partial charge in [-0.25, -0.2) is 0 Å². The summed E-state index contributed by atoms with van der Waals surface area (Å²) >= 11 is 0. The highest BCUT2D eigenvalue weighted by atomic mass is 16.6. The fourth-order valence-corrected chi connectivity index (χ4v) is 8.31. The number of esters is 3. The lowest BCUT2D eigenvalue weighted by Gasteiger charge is -2.18. The van der Waals surface area contributed by atoms with Crippen molar-refractivity contribution in [3.63, 3.8) is 0 Å². The molecule has 0 aliphatic rings. The van der Waals surface area contributed by atoms with Crippen molar-refractivity contribution < 1.29 is 28.6 Å². The van der Waals surface area contributed by atoms with E-state index in [2.05, 4.69) is 34.6 Å². The Bertz CT molecular complexity index is 933. The van der Waals surface area contributed by atoms with Crippen molar-refractivity contribution in [3.05, 3.63) is 0 Å². The number of hydrogen-bond donors (Lipinski definition) is 0. The summed E-state index contributed by atoms with van der Waals surface area (Å²) in [6.45, 7) is 11.4. The molecule has 0 amide bonds. The second kappa shape index (κ2) is 47.9. The van der Waals surface area contributed by atoms with Crippen LogP contribution in [0.5, 0.6) is 0 Å². The minimum atomic E-state index is -0.762. The summed E-state index contributed by atoms with van der Waals surface area (Å²) in [5.74, 6) is 0.843. The van der Waals surface area contributed by atoms with Gasteiger partial charge in [0.2, 0.25) is 0 Å². The number of unbranched alkanes of at least 4 members (excludes halogenated alkanes) is 33. The van der Waals surface area contributed by atoms with Crippen molar-refractivity contribution in [1.29, 1.82) is 0 Å². The summed E-state index contributed by atoms with van der Waals surface area (Å²) in [5.41, 5.74) is 0. The van der Waals surface area contributed by atoms with Crippen LogP contribution in [0.3, 0.4) is 0 Å². The first-order valence-electron chi connectivity index (χ1n) is 27.3. The summed E-state index contributed by atoms with van der Waals surface area (Å²) in [6, 6.07) is 0. The van der Waals surface area contributed by atoms with Crippen molar-refractivity contribution in [2.45, 2.75) is 310 Å². The fourth-order valence-electron chi connectivity index (χ4n) is 8.31. The van der Waals surface area contributed by atoms with Gasteiger partial charge in [0.15, 0.2) is 6.10 Å². The van der Waals surface area contributed by atoms with Crippen molar-refractivity contribution in [2.24, 2.45) is 11.8 Å². The van der Waals surface area contributed by atoms with Gasteiger partial charge in [0, 0.05) is 19.3 Å². The average Bonchev–Trinajstić information content (AvgIpc) is 3.24. The van der Waals surface area contributed by atoms with E-state index in [0.29, 0.717) is 19.3 Å². The molecule has 0 N–H and O–H groups in total. The minimum absolute atomic E-state index is 0.0636.